The highest BCUT2D eigenvalue weighted by atomic mass is 32.1. The van der Waals surface area contributed by atoms with Gasteiger partial charge in [-0.2, -0.15) is 0 Å². The summed E-state index contributed by atoms with van der Waals surface area (Å²) in [5.74, 6) is 0.237. The Morgan fingerprint density at radius 2 is 1.74 bits per heavy atom. The molecular weight excluding hydrogens is 456 g/mol. The van der Waals surface area contributed by atoms with Crippen molar-refractivity contribution in [2.75, 3.05) is 39.4 Å². The molecule has 0 bridgehead atoms. The number of carbonyl (C=O) groups excluding carboxylic acids is 2. The van der Waals surface area contributed by atoms with Gasteiger partial charge in [-0.25, -0.2) is 4.79 Å². The Balaban J connectivity index is 1.50. The topological polar surface area (TPSA) is 93.8 Å². The first-order valence-corrected chi connectivity index (χ1v) is 13.2. The molecule has 0 atom stereocenters. The summed E-state index contributed by atoms with van der Waals surface area (Å²) in [5, 5.41) is 1.79. The van der Waals surface area contributed by atoms with Crippen LogP contribution in [0.1, 0.15) is 39.5 Å². The summed E-state index contributed by atoms with van der Waals surface area (Å²) in [6.45, 7) is 7.71. The molecule has 4 rings (SSSR count). The van der Waals surface area contributed by atoms with Gasteiger partial charge in [0.1, 0.15) is 11.2 Å². The Kier molecular flexibility index (Phi) is 7.88. The number of carbonyl (C=O) groups is 2. The molecular formula is C24H34N4O5S. The van der Waals surface area contributed by atoms with Crippen LogP contribution in [0, 0.1) is 11.8 Å². The van der Waals surface area contributed by atoms with Gasteiger partial charge < -0.3 is 14.5 Å². The second kappa shape index (κ2) is 10.9. The number of likely N-dealkylation sites (N-methyl/N-ethyl adjacent to an activating group) is 1. The van der Waals surface area contributed by atoms with Crippen molar-refractivity contribution in [2.45, 2.75) is 52.6 Å². The van der Waals surface area contributed by atoms with Crippen LogP contribution in [-0.4, -0.2) is 70.1 Å². The van der Waals surface area contributed by atoms with Crippen molar-refractivity contribution in [3.63, 3.8) is 0 Å². The number of ether oxygens (including phenoxy) is 1. The van der Waals surface area contributed by atoms with E-state index in [-0.39, 0.29) is 35.8 Å². The second-order valence-electron chi connectivity index (χ2n) is 9.14. The van der Waals surface area contributed by atoms with Gasteiger partial charge in [0.25, 0.3) is 5.56 Å². The summed E-state index contributed by atoms with van der Waals surface area (Å²) in [4.78, 5) is 55.7. The van der Waals surface area contributed by atoms with Gasteiger partial charge >= 0.3 is 5.69 Å². The van der Waals surface area contributed by atoms with Crippen molar-refractivity contribution < 1.29 is 14.3 Å². The fraction of sp³-hybridized carbons (Fsp3) is 0.667. The minimum atomic E-state index is -0.428. The molecule has 10 heteroatoms. The van der Waals surface area contributed by atoms with Gasteiger partial charge in [0, 0.05) is 38.6 Å². The van der Waals surface area contributed by atoms with Crippen molar-refractivity contribution in [1.29, 1.82) is 0 Å². The van der Waals surface area contributed by atoms with Crippen LogP contribution in [0.4, 0.5) is 0 Å². The lowest BCUT2D eigenvalue weighted by molar-refractivity contribution is -0.141. The lowest BCUT2D eigenvalue weighted by atomic mass is 9.81. The van der Waals surface area contributed by atoms with Crippen LogP contribution in [0.3, 0.4) is 0 Å². The second-order valence-corrected chi connectivity index (χ2v) is 10.1. The Morgan fingerprint density at radius 1 is 1.06 bits per heavy atom. The van der Waals surface area contributed by atoms with Gasteiger partial charge in [0.15, 0.2) is 0 Å². The molecule has 0 radical (unpaired) electrons. The van der Waals surface area contributed by atoms with Crippen LogP contribution in [0.5, 0.6) is 0 Å². The van der Waals surface area contributed by atoms with Crippen molar-refractivity contribution in [1.82, 2.24) is 18.9 Å². The Morgan fingerprint density at radius 3 is 2.38 bits per heavy atom. The lowest BCUT2D eigenvalue weighted by Gasteiger charge is -2.34. The Labute approximate surface area is 202 Å². The summed E-state index contributed by atoms with van der Waals surface area (Å²) in [6.07, 6.45) is 3.14. The number of fused-ring (bicyclic) bond motifs is 1. The molecule has 2 aromatic heterocycles. The molecule has 2 amide bonds. The summed E-state index contributed by atoms with van der Waals surface area (Å²) in [7, 11) is 0. The van der Waals surface area contributed by atoms with E-state index in [0.29, 0.717) is 56.2 Å². The van der Waals surface area contributed by atoms with E-state index in [4.69, 9.17) is 4.74 Å². The standard InChI is InChI=1S/C24H34N4O5S/c1-3-25(4-2)20(29)16-27-19-9-14-34-21(19)23(31)28(24(27)32)15-17-5-7-18(8-6-17)22(30)26-10-12-33-13-11-26/h9,14,17-18H,3-8,10-13,15-16H2,1-2H3. The monoisotopic (exact) mass is 490 g/mol. The average molecular weight is 491 g/mol. The third kappa shape index (κ3) is 4.98. The summed E-state index contributed by atoms with van der Waals surface area (Å²) >= 11 is 1.30. The Hall–Kier alpha value is -2.46. The van der Waals surface area contributed by atoms with Gasteiger partial charge in [0.05, 0.1) is 18.7 Å². The highest BCUT2D eigenvalue weighted by molar-refractivity contribution is 7.17. The molecule has 0 aromatic carbocycles. The third-order valence-electron chi connectivity index (χ3n) is 7.21. The first-order chi connectivity index (χ1) is 16.4. The van der Waals surface area contributed by atoms with Crippen LogP contribution in [0.2, 0.25) is 0 Å². The van der Waals surface area contributed by atoms with E-state index in [1.807, 2.05) is 18.7 Å². The van der Waals surface area contributed by atoms with E-state index >= 15 is 0 Å². The third-order valence-corrected chi connectivity index (χ3v) is 8.10. The fourth-order valence-corrected chi connectivity index (χ4v) is 5.99. The molecule has 3 heterocycles. The van der Waals surface area contributed by atoms with Crippen LogP contribution in [0.15, 0.2) is 21.0 Å². The van der Waals surface area contributed by atoms with E-state index in [0.717, 1.165) is 25.7 Å². The smallest absolute Gasteiger partial charge is 0.332 e. The number of nitrogens with zero attached hydrogens (tertiary/aromatic N) is 4. The highest BCUT2D eigenvalue weighted by Gasteiger charge is 2.31. The van der Waals surface area contributed by atoms with Gasteiger partial charge in [-0.05, 0) is 56.9 Å². The van der Waals surface area contributed by atoms with Gasteiger partial charge in [-0.1, -0.05) is 0 Å². The van der Waals surface area contributed by atoms with Gasteiger partial charge in [-0.3, -0.25) is 23.5 Å². The predicted molar refractivity (Wildman–Crippen MR) is 131 cm³/mol. The molecule has 0 spiro atoms. The van der Waals surface area contributed by atoms with E-state index in [1.54, 1.807) is 16.3 Å². The highest BCUT2D eigenvalue weighted by Crippen LogP contribution is 2.31. The molecule has 1 aliphatic heterocycles. The minimum Gasteiger partial charge on any atom is -0.378 e. The maximum atomic E-state index is 13.4. The van der Waals surface area contributed by atoms with E-state index in [1.165, 1.54) is 20.5 Å². The first-order valence-electron chi connectivity index (χ1n) is 12.3. The van der Waals surface area contributed by atoms with Gasteiger partial charge in [0.2, 0.25) is 11.8 Å². The molecule has 1 saturated heterocycles. The van der Waals surface area contributed by atoms with E-state index in [9.17, 15) is 19.2 Å². The number of hydrogen-bond acceptors (Lipinski definition) is 6. The zero-order valence-electron chi connectivity index (χ0n) is 20.0. The minimum absolute atomic E-state index is 0.00852. The van der Waals surface area contributed by atoms with E-state index in [2.05, 4.69) is 0 Å². The summed E-state index contributed by atoms with van der Waals surface area (Å²) < 4.78 is 8.60. The summed E-state index contributed by atoms with van der Waals surface area (Å²) in [6, 6.07) is 1.74. The lowest BCUT2D eigenvalue weighted by Crippen LogP contribution is -2.45. The van der Waals surface area contributed by atoms with Crippen LogP contribution >= 0.6 is 11.3 Å². The molecule has 1 aliphatic carbocycles. The number of amides is 2. The average Bonchev–Trinajstić information content (AvgIpc) is 3.36. The number of thiophene rings is 1. The molecule has 0 unspecified atom stereocenters. The van der Waals surface area contributed by atoms with Gasteiger partial charge in [-0.15, -0.1) is 11.3 Å². The molecule has 9 nitrogen and oxygen atoms in total. The Bertz CT molecular complexity index is 1130. The predicted octanol–water partition coefficient (Wildman–Crippen LogP) is 1.76. The normalized spacial score (nSPS) is 21.1. The number of morpholine rings is 1. The molecule has 1 saturated carbocycles. The largest absolute Gasteiger partial charge is 0.378 e. The quantitative estimate of drug-likeness (QED) is 0.590. The molecule has 186 valence electrons. The van der Waals surface area contributed by atoms with E-state index < -0.39 is 5.69 Å². The molecule has 2 fully saturated rings. The number of aromatic nitrogens is 2. The SMILES string of the molecule is CCN(CC)C(=O)Cn1c(=O)n(CC2CCC(C(=O)N3CCOCC3)CC2)c(=O)c2sccc21. The number of hydrogen-bond donors (Lipinski definition) is 0. The molecule has 0 N–H and O–H groups in total. The maximum absolute atomic E-state index is 13.4. The van der Waals surface area contributed by atoms with Crippen molar-refractivity contribution >= 4 is 33.4 Å². The molecule has 2 aromatic rings. The number of rotatable bonds is 7. The first kappa shape index (κ1) is 24.7. The van der Waals surface area contributed by atoms with Crippen molar-refractivity contribution in [3.8, 4) is 0 Å². The van der Waals surface area contributed by atoms with Crippen molar-refractivity contribution in [2.24, 2.45) is 11.8 Å². The zero-order valence-corrected chi connectivity index (χ0v) is 20.8. The summed E-state index contributed by atoms with van der Waals surface area (Å²) in [5.41, 5.74) is -0.187. The van der Waals surface area contributed by atoms with Crippen molar-refractivity contribution in [3.05, 3.63) is 32.3 Å². The zero-order chi connectivity index (χ0) is 24.2. The molecule has 34 heavy (non-hydrogen) atoms. The van der Waals surface area contributed by atoms with Crippen LogP contribution < -0.4 is 11.2 Å². The fourth-order valence-electron chi connectivity index (χ4n) is 5.15. The molecule has 2 aliphatic rings. The van der Waals surface area contributed by atoms with Crippen LogP contribution in [-0.2, 0) is 27.4 Å². The van der Waals surface area contributed by atoms with Crippen LogP contribution in [0.25, 0.3) is 10.2 Å². The maximum Gasteiger partial charge on any atom is 0.332 e.